The topological polar surface area (TPSA) is 88.3 Å². The number of amides is 2. The van der Waals surface area contributed by atoms with Gasteiger partial charge in [0.25, 0.3) is 11.8 Å². The van der Waals surface area contributed by atoms with Crippen molar-refractivity contribution in [1.29, 1.82) is 0 Å². The summed E-state index contributed by atoms with van der Waals surface area (Å²) >= 11 is 3.24. The van der Waals surface area contributed by atoms with Crippen LogP contribution in [0.5, 0.6) is 0 Å². The summed E-state index contributed by atoms with van der Waals surface area (Å²) in [5.74, 6) is 0.0696. The lowest BCUT2D eigenvalue weighted by atomic mass is 9.96. The zero-order valence-electron chi connectivity index (χ0n) is 14.3. The van der Waals surface area contributed by atoms with E-state index < -0.39 is 0 Å². The van der Waals surface area contributed by atoms with Crippen LogP contribution in [0.25, 0.3) is 0 Å². The fourth-order valence-corrected chi connectivity index (χ4v) is 4.26. The number of carbonyl (C=O) groups excluding carboxylic acids is 2. The Morgan fingerprint density at radius 2 is 1.92 bits per heavy atom. The number of carbonyl (C=O) groups is 2. The predicted octanol–water partition coefficient (Wildman–Crippen LogP) is 2.71. The largest absolute Gasteiger partial charge is 0.444 e. The smallest absolute Gasteiger partial charge is 0.290 e. The molecule has 2 saturated heterocycles. The molecule has 2 unspecified atom stereocenters. The van der Waals surface area contributed by atoms with E-state index in [1.165, 1.54) is 6.20 Å². The average Bonchev–Trinajstić information content (AvgIpc) is 3.16. The van der Waals surface area contributed by atoms with Gasteiger partial charge in [0.15, 0.2) is 10.4 Å². The summed E-state index contributed by atoms with van der Waals surface area (Å²) < 4.78 is 5.97. The maximum absolute atomic E-state index is 12.8. The lowest BCUT2D eigenvalue weighted by molar-refractivity contribution is 0.0517. The molecule has 2 aliphatic rings. The van der Waals surface area contributed by atoms with Gasteiger partial charge in [-0.15, -0.1) is 0 Å². The average molecular weight is 419 g/mol. The zero-order chi connectivity index (χ0) is 18.3. The minimum absolute atomic E-state index is 0.0375. The number of furan rings is 1. The van der Waals surface area contributed by atoms with Crippen LogP contribution in [0.3, 0.4) is 0 Å². The number of hydrogen-bond acceptors (Lipinski definition) is 5. The van der Waals surface area contributed by atoms with E-state index >= 15 is 0 Å². The van der Waals surface area contributed by atoms with E-state index in [1.54, 1.807) is 18.3 Å². The van der Waals surface area contributed by atoms with Gasteiger partial charge in [0.05, 0.1) is 11.9 Å². The van der Waals surface area contributed by atoms with E-state index in [1.807, 2.05) is 11.8 Å². The van der Waals surface area contributed by atoms with Gasteiger partial charge in [-0.25, -0.2) is 4.98 Å². The van der Waals surface area contributed by atoms with Gasteiger partial charge >= 0.3 is 0 Å². The van der Waals surface area contributed by atoms with E-state index in [2.05, 4.69) is 31.2 Å². The van der Waals surface area contributed by atoms with Crippen molar-refractivity contribution >= 4 is 27.7 Å². The molecule has 0 radical (unpaired) electrons. The number of aromatic nitrogens is 2. The van der Waals surface area contributed by atoms with Crippen molar-refractivity contribution in [1.82, 2.24) is 20.2 Å². The van der Waals surface area contributed by atoms with Crippen molar-refractivity contribution in [3.8, 4) is 0 Å². The Kier molecular flexibility index (Phi) is 4.52. The zero-order valence-corrected chi connectivity index (χ0v) is 15.9. The molecule has 1 N–H and O–H groups in total. The number of nitrogens with one attached hydrogen (secondary N) is 1. The first-order valence-corrected chi connectivity index (χ1v) is 9.48. The Labute approximate surface area is 159 Å². The molecule has 2 atom stereocenters. The molecule has 0 spiro atoms. The van der Waals surface area contributed by atoms with Crippen LogP contribution >= 0.6 is 15.9 Å². The molecule has 0 aliphatic carbocycles. The summed E-state index contributed by atoms with van der Waals surface area (Å²) in [6.45, 7) is 1.83. The second-order valence-corrected chi connectivity index (χ2v) is 7.67. The van der Waals surface area contributed by atoms with Crippen molar-refractivity contribution in [3.63, 3.8) is 0 Å². The van der Waals surface area contributed by atoms with Crippen LogP contribution < -0.4 is 5.32 Å². The van der Waals surface area contributed by atoms with Gasteiger partial charge in [0.2, 0.25) is 0 Å². The van der Waals surface area contributed by atoms with Gasteiger partial charge in [0.1, 0.15) is 5.69 Å². The van der Waals surface area contributed by atoms with Crippen LogP contribution in [0.2, 0.25) is 0 Å². The van der Waals surface area contributed by atoms with E-state index in [-0.39, 0.29) is 29.9 Å². The van der Waals surface area contributed by atoms with Crippen molar-refractivity contribution in [2.75, 3.05) is 0 Å². The molecule has 2 aromatic heterocycles. The van der Waals surface area contributed by atoms with Crippen molar-refractivity contribution in [2.45, 2.75) is 50.7 Å². The number of aryl methyl sites for hydroxylation is 1. The van der Waals surface area contributed by atoms with Crippen LogP contribution in [0.15, 0.2) is 33.6 Å². The molecule has 2 bridgehead atoms. The van der Waals surface area contributed by atoms with Crippen molar-refractivity contribution < 1.29 is 14.0 Å². The summed E-state index contributed by atoms with van der Waals surface area (Å²) in [4.78, 5) is 35.3. The fourth-order valence-electron chi connectivity index (χ4n) is 3.95. The highest BCUT2D eigenvalue weighted by Crippen LogP contribution is 2.37. The molecule has 26 heavy (non-hydrogen) atoms. The number of halogens is 1. The highest BCUT2D eigenvalue weighted by Gasteiger charge is 2.44. The molecular formula is C18H19BrN4O3. The first-order valence-electron chi connectivity index (χ1n) is 8.69. The molecule has 2 aromatic rings. The van der Waals surface area contributed by atoms with Gasteiger partial charge in [-0.05, 0) is 60.7 Å². The van der Waals surface area contributed by atoms with Gasteiger partial charge in [-0.3, -0.25) is 14.6 Å². The number of rotatable bonds is 3. The van der Waals surface area contributed by atoms with E-state index in [0.29, 0.717) is 16.1 Å². The van der Waals surface area contributed by atoms with E-state index in [4.69, 9.17) is 4.42 Å². The fraction of sp³-hybridized carbons (Fsp3) is 0.444. The normalized spacial score (nSPS) is 24.5. The molecule has 2 amide bonds. The first-order chi connectivity index (χ1) is 12.5. The van der Waals surface area contributed by atoms with Crippen LogP contribution in [0, 0.1) is 6.92 Å². The van der Waals surface area contributed by atoms with Crippen LogP contribution in [-0.2, 0) is 0 Å². The minimum Gasteiger partial charge on any atom is -0.444 e. The van der Waals surface area contributed by atoms with Crippen LogP contribution in [0.1, 0.15) is 52.4 Å². The van der Waals surface area contributed by atoms with Crippen LogP contribution in [-0.4, -0.2) is 44.8 Å². The Morgan fingerprint density at radius 1 is 1.19 bits per heavy atom. The third-order valence-electron chi connectivity index (χ3n) is 5.10. The number of fused-ring (bicyclic) bond motifs is 2. The predicted molar refractivity (Wildman–Crippen MR) is 96.6 cm³/mol. The Hall–Kier alpha value is -2.22. The highest BCUT2D eigenvalue weighted by atomic mass is 79.9. The monoisotopic (exact) mass is 418 g/mol. The maximum Gasteiger partial charge on any atom is 0.290 e. The Balaban J connectivity index is 1.42. The standard InChI is InChI=1S/C18H19BrN4O3/c1-10-8-21-14(9-20-10)17(24)22-11-6-12-2-3-13(7-11)23(12)18(25)15-4-5-16(19)26-15/h4-5,8-9,11-13H,2-3,6-7H2,1H3,(H,22,24). The molecule has 4 heterocycles. The third-order valence-corrected chi connectivity index (χ3v) is 5.53. The van der Waals surface area contributed by atoms with Gasteiger partial charge in [-0.2, -0.15) is 0 Å². The molecule has 0 aromatic carbocycles. The Morgan fingerprint density at radius 3 is 2.50 bits per heavy atom. The molecule has 4 rings (SSSR count). The first kappa shape index (κ1) is 17.2. The number of hydrogen-bond donors (Lipinski definition) is 1. The lowest BCUT2D eigenvalue weighted by Crippen LogP contribution is -2.52. The Bertz CT molecular complexity index is 821. The summed E-state index contributed by atoms with van der Waals surface area (Å²) in [6, 6.07) is 3.70. The number of piperidine rings is 1. The summed E-state index contributed by atoms with van der Waals surface area (Å²) in [5, 5.41) is 3.05. The quantitative estimate of drug-likeness (QED) is 0.827. The summed E-state index contributed by atoms with van der Waals surface area (Å²) in [7, 11) is 0. The van der Waals surface area contributed by atoms with Gasteiger partial charge < -0.3 is 14.6 Å². The minimum atomic E-state index is -0.211. The van der Waals surface area contributed by atoms with Crippen LogP contribution in [0.4, 0.5) is 0 Å². The molecule has 0 saturated carbocycles. The van der Waals surface area contributed by atoms with Gasteiger partial charge in [-0.1, -0.05) is 0 Å². The third kappa shape index (κ3) is 3.25. The molecule has 8 heteroatoms. The van der Waals surface area contributed by atoms with Gasteiger partial charge in [0, 0.05) is 24.3 Å². The second-order valence-electron chi connectivity index (χ2n) is 6.89. The SMILES string of the molecule is Cc1cnc(C(=O)NC2CC3CCC(C2)N3C(=O)c2ccc(Br)o2)cn1. The lowest BCUT2D eigenvalue weighted by Gasteiger charge is -2.38. The van der Waals surface area contributed by atoms with Crippen molar-refractivity contribution in [3.05, 3.63) is 46.3 Å². The molecule has 2 fully saturated rings. The molecular weight excluding hydrogens is 400 g/mol. The molecule has 136 valence electrons. The molecule has 7 nitrogen and oxygen atoms in total. The summed E-state index contributed by atoms with van der Waals surface area (Å²) in [6.07, 6.45) is 6.47. The van der Waals surface area contributed by atoms with E-state index in [9.17, 15) is 9.59 Å². The van der Waals surface area contributed by atoms with E-state index in [0.717, 1.165) is 31.4 Å². The molecule has 2 aliphatic heterocycles. The van der Waals surface area contributed by atoms with Crippen molar-refractivity contribution in [2.24, 2.45) is 0 Å². The highest BCUT2D eigenvalue weighted by molar-refractivity contribution is 9.10. The second kappa shape index (κ2) is 6.83. The summed E-state index contributed by atoms with van der Waals surface area (Å²) in [5.41, 5.74) is 1.10. The maximum atomic E-state index is 12.8. The number of nitrogens with zero attached hydrogens (tertiary/aromatic N) is 3.